The van der Waals surface area contributed by atoms with E-state index in [0.717, 1.165) is 0 Å². The van der Waals surface area contributed by atoms with Crippen LogP contribution in [0.15, 0.2) is 18.2 Å². The van der Waals surface area contributed by atoms with Crippen molar-refractivity contribution in [2.24, 2.45) is 0 Å². The molecule has 1 saturated heterocycles. The lowest BCUT2D eigenvalue weighted by Crippen LogP contribution is -2.45. The lowest BCUT2D eigenvalue weighted by molar-refractivity contribution is 0.149. The van der Waals surface area contributed by atoms with Crippen molar-refractivity contribution in [3.63, 3.8) is 0 Å². The summed E-state index contributed by atoms with van der Waals surface area (Å²) in [5.74, 6) is 0. The Kier molecular flexibility index (Phi) is 4.41. The molecule has 2 atom stereocenters. The lowest BCUT2D eigenvalue weighted by atomic mass is 9.96. The minimum Gasteiger partial charge on any atom is -0.316 e. The van der Waals surface area contributed by atoms with E-state index in [-0.39, 0.29) is 0 Å². The van der Waals surface area contributed by atoms with E-state index >= 15 is 0 Å². The number of likely N-dealkylation sites (N-methyl/N-ethyl adjacent to an activating group) is 1. The summed E-state index contributed by atoms with van der Waals surface area (Å²) in [4.78, 5) is 2.61. The van der Waals surface area contributed by atoms with Gasteiger partial charge in [-0.25, -0.2) is 0 Å². The number of nitrogens with zero attached hydrogens (tertiary/aromatic N) is 1. The predicted molar refractivity (Wildman–Crippen MR) is 78.0 cm³/mol. The van der Waals surface area contributed by atoms with Gasteiger partial charge in [0.25, 0.3) is 0 Å². The maximum atomic E-state index is 3.42. The monoisotopic (exact) mass is 246 g/mol. The van der Waals surface area contributed by atoms with Gasteiger partial charge in [-0.2, -0.15) is 0 Å². The molecule has 1 aliphatic rings. The van der Waals surface area contributed by atoms with Crippen LogP contribution in [0.1, 0.15) is 42.5 Å². The van der Waals surface area contributed by atoms with Crippen molar-refractivity contribution < 1.29 is 0 Å². The highest BCUT2D eigenvalue weighted by Gasteiger charge is 2.23. The quantitative estimate of drug-likeness (QED) is 0.882. The third kappa shape index (κ3) is 2.93. The Morgan fingerprint density at radius 2 is 2.11 bits per heavy atom. The van der Waals surface area contributed by atoms with Crippen LogP contribution in [0.3, 0.4) is 0 Å². The summed E-state index contributed by atoms with van der Waals surface area (Å²) in [7, 11) is 2.08. The zero-order chi connectivity index (χ0) is 13.1. The van der Waals surface area contributed by atoms with Gasteiger partial charge in [-0.05, 0) is 58.3 Å². The summed E-state index contributed by atoms with van der Waals surface area (Å²) in [5, 5.41) is 3.42. The van der Waals surface area contributed by atoms with Crippen molar-refractivity contribution >= 4 is 0 Å². The second-order valence-corrected chi connectivity index (χ2v) is 5.66. The smallest absolute Gasteiger partial charge is 0.0323 e. The van der Waals surface area contributed by atoms with Crippen LogP contribution in [0.4, 0.5) is 0 Å². The number of hydrogen-bond acceptors (Lipinski definition) is 2. The van der Waals surface area contributed by atoms with Crippen LogP contribution in [-0.2, 0) is 0 Å². The molecule has 1 N–H and O–H groups in total. The average molecular weight is 246 g/mol. The number of piperidine rings is 1. The molecule has 1 aromatic rings. The molecule has 1 aliphatic heterocycles. The first-order valence-electron chi connectivity index (χ1n) is 7.10. The van der Waals surface area contributed by atoms with Crippen LogP contribution in [-0.4, -0.2) is 31.1 Å². The fraction of sp³-hybridized carbons (Fsp3) is 0.625. The van der Waals surface area contributed by atoms with Crippen LogP contribution < -0.4 is 5.32 Å². The van der Waals surface area contributed by atoms with Crippen molar-refractivity contribution in [2.45, 2.75) is 45.7 Å². The number of likely N-dealkylation sites (tertiary alicyclic amines) is 1. The molecule has 0 saturated carbocycles. The first-order valence-corrected chi connectivity index (χ1v) is 7.10. The molecule has 100 valence electrons. The van der Waals surface area contributed by atoms with E-state index in [1.807, 2.05) is 0 Å². The van der Waals surface area contributed by atoms with Gasteiger partial charge >= 0.3 is 0 Å². The van der Waals surface area contributed by atoms with Gasteiger partial charge in [-0.15, -0.1) is 0 Å². The van der Waals surface area contributed by atoms with E-state index in [4.69, 9.17) is 0 Å². The van der Waals surface area contributed by atoms with E-state index in [2.05, 4.69) is 56.2 Å². The summed E-state index contributed by atoms with van der Waals surface area (Å²) >= 11 is 0. The van der Waals surface area contributed by atoms with Gasteiger partial charge in [-0.3, -0.25) is 4.90 Å². The van der Waals surface area contributed by atoms with Crippen molar-refractivity contribution in [3.05, 3.63) is 34.9 Å². The first kappa shape index (κ1) is 13.6. The Hall–Kier alpha value is -0.860. The second-order valence-electron chi connectivity index (χ2n) is 5.66. The topological polar surface area (TPSA) is 15.3 Å². The van der Waals surface area contributed by atoms with E-state index < -0.39 is 0 Å². The molecule has 2 heteroatoms. The van der Waals surface area contributed by atoms with Gasteiger partial charge in [0.05, 0.1) is 0 Å². The van der Waals surface area contributed by atoms with Crippen LogP contribution >= 0.6 is 0 Å². The Balaban J connectivity index is 2.12. The molecule has 0 spiro atoms. The molecule has 0 radical (unpaired) electrons. The molecule has 2 rings (SSSR count). The molecule has 0 aliphatic carbocycles. The van der Waals surface area contributed by atoms with E-state index in [1.54, 1.807) is 0 Å². The maximum Gasteiger partial charge on any atom is 0.0323 e. The molecule has 0 amide bonds. The Morgan fingerprint density at radius 3 is 2.78 bits per heavy atom. The standard InChI is InChI=1S/C16H26N2/c1-12-7-8-16(13(2)10-12)14(3)18-9-5-6-15(11-18)17-4/h7-8,10,14-15,17H,5-6,9,11H2,1-4H3. The minimum atomic E-state index is 0.529. The zero-order valence-corrected chi connectivity index (χ0v) is 12.2. The summed E-state index contributed by atoms with van der Waals surface area (Å²) in [6.45, 7) is 9.14. The number of benzene rings is 1. The molecule has 0 bridgehead atoms. The summed E-state index contributed by atoms with van der Waals surface area (Å²) in [5.41, 5.74) is 4.27. The van der Waals surface area contributed by atoms with Crippen molar-refractivity contribution in [1.82, 2.24) is 10.2 Å². The van der Waals surface area contributed by atoms with Gasteiger partial charge in [0.15, 0.2) is 0 Å². The molecule has 2 nitrogen and oxygen atoms in total. The highest BCUT2D eigenvalue weighted by Crippen LogP contribution is 2.27. The lowest BCUT2D eigenvalue weighted by Gasteiger charge is -2.37. The van der Waals surface area contributed by atoms with Crippen LogP contribution in [0.2, 0.25) is 0 Å². The first-order chi connectivity index (χ1) is 8.61. The molecule has 18 heavy (non-hydrogen) atoms. The number of nitrogens with one attached hydrogen (secondary N) is 1. The zero-order valence-electron chi connectivity index (χ0n) is 12.2. The Morgan fingerprint density at radius 1 is 1.33 bits per heavy atom. The summed E-state index contributed by atoms with van der Waals surface area (Å²) < 4.78 is 0. The summed E-state index contributed by atoms with van der Waals surface area (Å²) in [6, 6.07) is 8.02. The Bertz CT molecular complexity index is 400. The normalized spacial score (nSPS) is 23.0. The predicted octanol–water partition coefficient (Wildman–Crippen LogP) is 3.05. The van der Waals surface area contributed by atoms with Gasteiger partial charge in [-0.1, -0.05) is 23.8 Å². The SMILES string of the molecule is CNC1CCCN(C(C)c2ccc(C)cc2C)C1. The van der Waals surface area contributed by atoms with Gasteiger partial charge < -0.3 is 5.32 Å². The third-order valence-electron chi connectivity index (χ3n) is 4.28. The fourth-order valence-corrected chi connectivity index (χ4v) is 3.08. The van der Waals surface area contributed by atoms with Gasteiger partial charge in [0.2, 0.25) is 0 Å². The molecule has 0 aromatic heterocycles. The number of aryl methyl sites for hydroxylation is 2. The Labute approximate surface area is 111 Å². The highest BCUT2D eigenvalue weighted by atomic mass is 15.2. The van der Waals surface area contributed by atoms with E-state index in [0.29, 0.717) is 12.1 Å². The minimum absolute atomic E-state index is 0.529. The van der Waals surface area contributed by atoms with E-state index in [9.17, 15) is 0 Å². The molecule has 1 heterocycles. The molecular weight excluding hydrogens is 220 g/mol. The van der Waals surface area contributed by atoms with Crippen molar-refractivity contribution in [1.29, 1.82) is 0 Å². The molecule has 1 fully saturated rings. The molecular formula is C16H26N2. The van der Waals surface area contributed by atoms with Gasteiger partial charge in [0.1, 0.15) is 0 Å². The fourth-order valence-electron chi connectivity index (χ4n) is 3.08. The van der Waals surface area contributed by atoms with Crippen LogP contribution in [0, 0.1) is 13.8 Å². The molecule has 2 unspecified atom stereocenters. The second kappa shape index (κ2) is 5.85. The average Bonchev–Trinajstić information content (AvgIpc) is 2.38. The largest absolute Gasteiger partial charge is 0.316 e. The third-order valence-corrected chi connectivity index (χ3v) is 4.28. The maximum absolute atomic E-state index is 3.42. The number of hydrogen-bond donors (Lipinski definition) is 1. The molecule has 1 aromatic carbocycles. The summed E-state index contributed by atoms with van der Waals surface area (Å²) in [6.07, 6.45) is 2.62. The van der Waals surface area contributed by atoms with E-state index in [1.165, 1.54) is 42.6 Å². The van der Waals surface area contributed by atoms with Crippen LogP contribution in [0.25, 0.3) is 0 Å². The highest BCUT2D eigenvalue weighted by molar-refractivity contribution is 5.32. The van der Waals surface area contributed by atoms with Gasteiger partial charge in [0, 0.05) is 18.6 Å². The van der Waals surface area contributed by atoms with Crippen molar-refractivity contribution in [2.75, 3.05) is 20.1 Å². The van der Waals surface area contributed by atoms with Crippen molar-refractivity contribution in [3.8, 4) is 0 Å². The number of rotatable bonds is 3. The van der Waals surface area contributed by atoms with Crippen LogP contribution in [0.5, 0.6) is 0 Å².